The fraction of sp³-hybridized carbons (Fsp3) is 0.333. The first-order chi connectivity index (χ1) is 17.0. The maximum absolute atomic E-state index is 13.4. The van der Waals surface area contributed by atoms with Crippen LogP contribution in [0.15, 0.2) is 71.3 Å². The van der Waals surface area contributed by atoms with Gasteiger partial charge < -0.3 is 9.64 Å². The molecule has 4 rings (SSSR count). The Morgan fingerprint density at radius 3 is 2.53 bits per heavy atom. The van der Waals surface area contributed by atoms with Gasteiger partial charge in [0.15, 0.2) is 5.78 Å². The standard InChI is InChI=1S/C27H30ClN3O4S/c1-27(2,3)20-5-4-6-22(10-8-20)36(33,34)30-24-11-9-21(28)17-23(24)26(32)19-7-12-25(29-18-19)31-13-15-35-16-14-31/h4-5,7-12,17-18,30H,6,13-16H2,1-3H3. The number of aromatic nitrogens is 1. The van der Waals surface area contributed by atoms with Crippen molar-refractivity contribution in [3.63, 3.8) is 0 Å². The number of rotatable bonds is 6. The van der Waals surface area contributed by atoms with Crippen LogP contribution in [0.25, 0.3) is 0 Å². The molecule has 0 bridgehead atoms. The minimum Gasteiger partial charge on any atom is -0.378 e. The zero-order valence-corrected chi connectivity index (χ0v) is 22.2. The van der Waals surface area contributed by atoms with E-state index < -0.39 is 10.0 Å². The molecule has 0 radical (unpaired) electrons. The number of sulfonamides is 1. The van der Waals surface area contributed by atoms with Crippen molar-refractivity contribution in [2.24, 2.45) is 5.41 Å². The second kappa shape index (κ2) is 10.6. The molecule has 0 spiro atoms. The molecule has 7 nitrogen and oxygen atoms in total. The number of hydrogen-bond acceptors (Lipinski definition) is 6. The molecule has 0 saturated carbocycles. The number of allylic oxidation sites excluding steroid dienone is 6. The van der Waals surface area contributed by atoms with E-state index in [1.54, 1.807) is 24.3 Å². The number of morpholine rings is 1. The van der Waals surface area contributed by atoms with Crippen LogP contribution < -0.4 is 9.62 Å². The van der Waals surface area contributed by atoms with Crippen molar-refractivity contribution >= 4 is 38.9 Å². The molecular weight excluding hydrogens is 498 g/mol. The second-order valence-electron chi connectivity index (χ2n) is 9.74. The Hall–Kier alpha value is -2.94. The van der Waals surface area contributed by atoms with Gasteiger partial charge in [0, 0.05) is 41.9 Å². The van der Waals surface area contributed by atoms with E-state index in [4.69, 9.17) is 16.3 Å². The Bertz CT molecular complexity index is 1330. The first kappa shape index (κ1) is 26.1. The van der Waals surface area contributed by atoms with E-state index in [2.05, 4.69) is 35.4 Å². The lowest BCUT2D eigenvalue weighted by molar-refractivity contribution is 0.103. The highest BCUT2D eigenvalue weighted by molar-refractivity contribution is 7.96. The lowest BCUT2D eigenvalue weighted by Gasteiger charge is -2.27. The third-order valence-corrected chi connectivity index (χ3v) is 7.81. The molecule has 1 aromatic carbocycles. The smallest absolute Gasteiger partial charge is 0.258 e. The second-order valence-corrected chi connectivity index (χ2v) is 11.9. The van der Waals surface area contributed by atoms with Crippen LogP contribution in [-0.4, -0.2) is 45.5 Å². The topological polar surface area (TPSA) is 88.6 Å². The van der Waals surface area contributed by atoms with Gasteiger partial charge in [-0.1, -0.05) is 50.6 Å². The summed E-state index contributed by atoms with van der Waals surface area (Å²) in [7, 11) is -3.92. The number of benzene rings is 1. The summed E-state index contributed by atoms with van der Waals surface area (Å²) in [6.45, 7) is 8.95. The lowest BCUT2D eigenvalue weighted by atomic mass is 9.86. The molecule has 190 valence electrons. The van der Waals surface area contributed by atoms with Gasteiger partial charge in [-0.05, 0) is 47.4 Å². The minimum absolute atomic E-state index is 0.110. The van der Waals surface area contributed by atoms with Crippen LogP contribution in [0.4, 0.5) is 11.5 Å². The van der Waals surface area contributed by atoms with Gasteiger partial charge in [-0.3, -0.25) is 9.52 Å². The molecule has 0 amide bonds. The van der Waals surface area contributed by atoms with E-state index >= 15 is 0 Å². The molecule has 9 heteroatoms. The number of pyridine rings is 1. The average molecular weight is 528 g/mol. The Morgan fingerprint density at radius 1 is 1.11 bits per heavy atom. The van der Waals surface area contributed by atoms with E-state index in [-0.39, 0.29) is 33.8 Å². The normalized spacial score (nSPS) is 16.7. The van der Waals surface area contributed by atoms with Gasteiger partial charge in [0.1, 0.15) is 5.82 Å². The van der Waals surface area contributed by atoms with E-state index in [1.165, 1.54) is 18.3 Å². The number of ketones is 1. The summed E-state index contributed by atoms with van der Waals surface area (Å²) in [6, 6.07) is 8.00. The van der Waals surface area contributed by atoms with Gasteiger partial charge in [-0.2, -0.15) is 0 Å². The largest absolute Gasteiger partial charge is 0.378 e. The molecular formula is C27H30ClN3O4S. The van der Waals surface area contributed by atoms with Gasteiger partial charge in [0.05, 0.1) is 23.8 Å². The molecule has 0 unspecified atom stereocenters. The number of carbonyl (C=O) groups is 1. The zero-order valence-electron chi connectivity index (χ0n) is 20.6. The van der Waals surface area contributed by atoms with Gasteiger partial charge in [-0.15, -0.1) is 0 Å². The van der Waals surface area contributed by atoms with Gasteiger partial charge >= 0.3 is 0 Å². The summed E-state index contributed by atoms with van der Waals surface area (Å²) in [5, 5.41) is 0.327. The van der Waals surface area contributed by atoms with E-state index in [9.17, 15) is 13.2 Å². The first-order valence-electron chi connectivity index (χ1n) is 11.8. The molecule has 0 atom stereocenters. The Kier molecular flexibility index (Phi) is 7.68. The Morgan fingerprint density at radius 2 is 1.86 bits per heavy atom. The van der Waals surface area contributed by atoms with E-state index in [0.717, 1.165) is 24.5 Å². The highest BCUT2D eigenvalue weighted by Crippen LogP contribution is 2.31. The maximum atomic E-state index is 13.4. The molecule has 2 aliphatic rings. The molecule has 1 saturated heterocycles. The van der Waals surface area contributed by atoms with Crippen molar-refractivity contribution in [3.8, 4) is 0 Å². The molecule has 1 aromatic heterocycles. The molecule has 1 N–H and O–H groups in total. The summed E-state index contributed by atoms with van der Waals surface area (Å²) in [6.07, 6.45) is 8.98. The maximum Gasteiger partial charge on any atom is 0.258 e. The number of hydrogen-bond donors (Lipinski definition) is 1. The van der Waals surface area contributed by atoms with Crippen molar-refractivity contribution in [1.82, 2.24) is 4.98 Å². The van der Waals surface area contributed by atoms with Crippen molar-refractivity contribution in [3.05, 3.63) is 87.5 Å². The number of carbonyl (C=O) groups excluding carboxylic acids is 1. The Balaban J connectivity index is 1.60. The molecule has 2 heterocycles. The van der Waals surface area contributed by atoms with Gasteiger partial charge in [0.2, 0.25) is 0 Å². The van der Waals surface area contributed by atoms with Crippen molar-refractivity contribution in [2.45, 2.75) is 27.2 Å². The molecule has 1 aliphatic carbocycles. The van der Waals surface area contributed by atoms with Crippen molar-refractivity contribution in [1.29, 1.82) is 0 Å². The number of ether oxygens (including phenoxy) is 1. The van der Waals surface area contributed by atoms with Gasteiger partial charge in [-0.25, -0.2) is 13.4 Å². The SMILES string of the molecule is CC(C)(C)C1=CC=C(S(=O)(=O)Nc2ccc(Cl)cc2C(=O)c2ccc(N3CCOCC3)nc2)CC=C1. The lowest BCUT2D eigenvalue weighted by Crippen LogP contribution is -2.36. The predicted octanol–water partition coefficient (Wildman–Crippen LogP) is 5.36. The first-order valence-corrected chi connectivity index (χ1v) is 13.6. The third kappa shape index (κ3) is 6.06. The number of halogens is 1. The molecule has 36 heavy (non-hydrogen) atoms. The average Bonchev–Trinajstić information content (AvgIpc) is 3.13. The predicted molar refractivity (Wildman–Crippen MR) is 144 cm³/mol. The number of nitrogens with zero attached hydrogens (tertiary/aromatic N) is 2. The fourth-order valence-electron chi connectivity index (χ4n) is 3.97. The van der Waals surface area contributed by atoms with Crippen LogP contribution in [0, 0.1) is 5.41 Å². The van der Waals surface area contributed by atoms with Crippen molar-refractivity contribution in [2.75, 3.05) is 35.9 Å². The van der Waals surface area contributed by atoms with Crippen LogP contribution in [-0.2, 0) is 14.8 Å². The monoisotopic (exact) mass is 527 g/mol. The fourth-order valence-corrected chi connectivity index (χ4v) is 5.30. The summed E-state index contributed by atoms with van der Waals surface area (Å²) in [5.41, 5.74) is 1.58. The quantitative estimate of drug-likeness (QED) is 0.509. The van der Waals surface area contributed by atoms with E-state index in [0.29, 0.717) is 23.8 Å². The van der Waals surface area contributed by atoms with Gasteiger partial charge in [0.25, 0.3) is 10.0 Å². The molecule has 1 fully saturated rings. The highest BCUT2D eigenvalue weighted by atomic mass is 35.5. The minimum atomic E-state index is -3.92. The summed E-state index contributed by atoms with van der Waals surface area (Å²) < 4.78 is 34.5. The van der Waals surface area contributed by atoms with E-state index in [1.807, 2.05) is 18.2 Å². The zero-order chi connectivity index (χ0) is 25.9. The molecule has 2 aromatic rings. The summed E-state index contributed by atoms with van der Waals surface area (Å²) in [5.74, 6) is 0.388. The van der Waals surface area contributed by atoms with Crippen LogP contribution >= 0.6 is 11.6 Å². The van der Waals surface area contributed by atoms with Crippen LogP contribution in [0.2, 0.25) is 5.02 Å². The van der Waals surface area contributed by atoms with Crippen LogP contribution in [0.3, 0.4) is 0 Å². The Labute approximate surface area is 217 Å². The summed E-state index contributed by atoms with van der Waals surface area (Å²) in [4.78, 5) is 20.1. The van der Waals surface area contributed by atoms with Crippen molar-refractivity contribution < 1.29 is 17.9 Å². The number of nitrogens with one attached hydrogen (secondary N) is 1. The highest BCUT2D eigenvalue weighted by Gasteiger charge is 2.23. The third-order valence-electron chi connectivity index (χ3n) is 6.09. The number of anilines is 2. The summed E-state index contributed by atoms with van der Waals surface area (Å²) >= 11 is 6.18. The van der Waals surface area contributed by atoms with Crippen LogP contribution in [0.5, 0.6) is 0 Å². The van der Waals surface area contributed by atoms with Crippen LogP contribution in [0.1, 0.15) is 43.1 Å². The molecule has 1 aliphatic heterocycles.